The summed E-state index contributed by atoms with van der Waals surface area (Å²) in [5.74, 6) is 1.50. The van der Waals surface area contributed by atoms with Crippen LogP contribution >= 0.6 is 36.1 Å². The van der Waals surface area contributed by atoms with E-state index >= 15 is 0 Å². The summed E-state index contributed by atoms with van der Waals surface area (Å²) in [6, 6.07) is 28.4. The Morgan fingerprint density at radius 2 is 0.867 bits per heavy atom. The van der Waals surface area contributed by atoms with Gasteiger partial charge in [-0.05, 0) is 93.8 Å². The average molecular weight is 1390 g/mol. The molecular weight excluding hydrogens is 1310 g/mol. The Morgan fingerprint density at radius 1 is 0.511 bits per heavy atom. The first-order valence-electron chi connectivity index (χ1n) is 25.5. The second kappa shape index (κ2) is 43.5. The fourth-order valence-electron chi connectivity index (χ4n) is 6.59. The van der Waals surface area contributed by atoms with Gasteiger partial charge in [0.2, 0.25) is 35.7 Å². The minimum Gasteiger partial charge on any atom is -0.392 e. The highest BCUT2D eigenvalue weighted by atomic mass is 32.2. The molecule has 0 fully saturated rings. The van der Waals surface area contributed by atoms with Gasteiger partial charge in [-0.3, -0.25) is 13.7 Å². The summed E-state index contributed by atoms with van der Waals surface area (Å²) in [6.45, 7) is 9.28. The lowest BCUT2D eigenvalue weighted by Crippen LogP contribution is -2.37. The first-order chi connectivity index (χ1) is 42.2. The summed E-state index contributed by atoms with van der Waals surface area (Å²) < 4.78 is 98.9. The Bertz CT molecular complexity index is 3300. The van der Waals surface area contributed by atoms with Crippen LogP contribution in [0.25, 0.3) is 12.2 Å². The van der Waals surface area contributed by atoms with Crippen molar-refractivity contribution >= 4 is 131 Å². The van der Waals surface area contributed by atoms with Crippen LogP contribution in [0, 0.1) is 6.92 Å². The van der Waals surface area contributed by atoms with E-state index in [0.29, 0.717) is 59.6 Å². The molecule has 502 valence electrons. The van der Waals surface area contributed by atoms with Crippen molar-refractivity contribution in [2.45, 2.75) is 68.8 Å². The molecule has 0 saturated heterocycles. The standard InChI is InChI=1S/C30H34N6O8S2.C16H24N6O2.4CH4O3S/c1-19-9-10-22(26(15-19)45-44-43-39)11-12-23-13-14-25(16-27(23)46(40,41)42)32-29-33-28(31-24-7-5-4-6-8-24)34-30(35-29)36(17-20(2)37)18-21(3)38;1-11(23)9-22(10-12(2)24)16-20-14(17-3)19-15(21-16)18-13-7-5-4-6-8-13;2*1-5(2,3)4;2*1-5-4-3-2/h4-16,20-21,37-39H,17-18H2,1-3H3,(H,40,41,42)(H2,31,32,33,34,35);4-8,11-12,23-24H,9-10H2,1-3H3,(H2,17,18,19,20,21);2*1H3,(H,2,3,4);2*2H,1H3/b12-11+;;;;;. The maximum atomic E-state index is 12.4. The number of rotatable bonds is 27. The van der Waals surface area contributed by atoms with Crippen LogP contribution in [0.1, 0.15) is 44.4 Å². The van der Waals surface area contributed by atoms with Crippen molar-refractivity contribution in [3.05, 3.63) is 114 Å². The highest BCUT2D eigenvalue weighted by molar-refractivity contribution is 7.94. The molecule has 0 spiro atoms. The topological polar surface area (TPSA) is 492 Å². The number of anilines is 9. The number of hydrogen-bond acceptors (Lipinski definition) is 34. The van der Waals surface area contributed by atoms with E-state index < -0.39 is 54.8 Å². The van der Waals surface area contributed by atoms with Gasteiger partial charge in [0.25, 0.3) is 30.4 Å². The number of hydrogen-bond donors (Lipinski definition) is 14. The lowest BCUT2D eigenvalue weighted by molar-refractivity contribution is -0.432. The molecule has 0 aliphatic rings. The minimum absolute atomic E-state index is 0.0293. The predicted molar refractivity (Wildman–Crippen MR) is 342 cm³/mol. The molecule has 0 saturated carbocycles. The van der Waals surface area contributed by atoms with E-state index in [9.17, 15) is 50.2 Å². The Labute approximate surface area is 533 Å². The average Bonchev–Trinajstić information content (AvgIpc) is 1.18. The van der Waals surface area contributed by atoms with Crippen LogP contribution in [0.2, 0.25) is 0 Å². The molecular formula is C50H74N12O22S6. The smallest absolute Gasteiger partial charge is 0.295 e. The van der Waals surface area contributed by atoms with Gasteiger partial charge in [-0.2, -0.15) is 55.2 Å². The number of aliphatic hydroxyl groups excluding tert-OH is 4. The number of aryl methyl sites for hydroxylation is 1. The van der Waals surface area contributed by atoms with E-state index in [4.69, 9.17) is 24.9 Å². The maximum Gasteiger partial charge on any atom is 0.295 e. The van der Waals surface area contributed by atoms with Gasteiger partial charge >= 0.3 is 0 Å². The minimum atomic E-state index is -4.68. The van der Waals surface area contributed by atoms with Crippen LogP contribution in [0.5, 0.6) is 0 Å². The maximum absolute atomic E-state index is 12.4. The molecule has 2 aromatic heterocycles. The largest absolute Gasteiger partial charge is 0.392 e. The van der Waals surface area contributed by atoms with Crippen molar-refractivity contribution in [2.75, 3.05) is 89.3 Å². The fraction of sp³-hybridized carbons (Fsp3) is 0.360. The van der Waals surface area contributed by atoms with E-state index in [1.54, 1.807) is 81.3 Å². The van der Waals surface area contributed by atoms with E-state index in [0.717, 1.165) is 47.4 Å². The molecule has 0 amide bonds. The van der Waals surface area contributed by atoms with Crippen LogP contribution in [-0.2, 0) is 58.5 Å². The van der Waals surface area contributed by atoms with Crippen LogP contribution in [-0.4, -0.2) is 188 Å². The quantitative estimate of drug-likeness (QED) is 0.00840. The Morgan fingerprint density at radius 3 is 1.21 bits per heavy atom. The molecule has 6 aromatic rings. The van der Waals surface area contributed by atoms with Gasteiger partial charge in [-0.1, -0.05) is 81.9 Å². The van der Waals surface area contributed by atoms with Gasteiger partial charge < -0.3 is 51.5 Å². The molecule has 2 heterocycles. The van der Waals surface area contributed by atoms with Crippen LogP contribution in [0.3, 0.4) is 0 Å². The number of nitrogens with one attached hydrogen (secondary N) is 4. The second-order valence-corrected chi connectivity index (χ2v) is 24.0. The van der Waals surface area contributed by atoms with Crippen molar-refractivity contribution in [1.29, 1.82) is 0 Å². The van der Waals surface area contributed by atoms with E-state index in [-0.39, 0.29) is 47.1 Å². The third kappa shape index (κ3) is 39.1. The van der Waals surface area contributed by atoms with Crippen molar-refractivity contribution in [2.24, 2.45) is 0 Å². The lowest BCUT2D eigenvalue weighted by atomic mass is 10.1. The van der Waals surface area contributed by atoms with Crippen molar-refractivity contribution in [1.82, 2.24) is 29.9 Å². The molecule has 40 heteroatoms. The zero-order valence-electron chi connectivity index (χ0n) is 49.9. The summed E-state index contributed by atoms with van der Waals surface area (Å²) in [7, 11) is -10.3. The van der Waals surface area contributed by atoms with Gasteiger partial charge in [0, 0.05) is 91.8 Å². The molecule has 0 bridgehead atoms. The Kier molecular flexibility index (Phi) is 39.5. The van der Waals surface area contributed by atoms with Crippen molar-refractivity contribution in [3.63, 3.8) is 0 Å². The molecule has 0 aliphatic heterocycles. The van der Waals surface area contributed by atoms with Crippen LogP contribution < -0.4 is 31.1 Å². The molecule has 4 unspecified atom stereocenters. The van der Waals surface area contributed by atoms with Crippen LogP contribution in [0.4, 0.5) is 52.8 Å². The lowest BCUT2D eigenvalue weighted by Gasteiger charge is -2.26. The zero-order chi connectivity index (χ0) is 68.0. The zero-order valence-corrected chi connectivity index (χ0v) is 54.8. The molecule has 34 nitrogen and oxygen atoms in total. The Balaban J connectivity index is 0.000000756. The normalized spacial score (nSPS) is 12.4. The molecule has 14 N–H and O–H groups in total. The summed E-state index contributed by atoms with van der Waals surface area (Å²) in [5, 5.41) is 84.9. The molecule has 0 radical (unpaired) electrons. The van der Waals surface area contributed by atoms with E-state index in [1.807, 2.05) is 73.7 Å². The third-order valence-corrected chi connectivity index (χ3v) is 11.5. The summed E-state index contributed by atoms with van der Waals surface area (Å²) in [6.07, 6.45) is 5.12. The SMILES string of the molecule is CNc1nc(Nc2ccccc2)nc(N(CC(C)O)CC(C)O)n1.CS(=O)(=O)O.CS(=O)(=O)O.CSOOO.CSOOO.Cc1ccc(/C=C/c2ccc(Nc3nc(Nc4ccccc4)nc(N(CC(C)O)CC(C)O)n3)cc2S(=O)(=O)O)c(SOOO)c1. The first kappa shape index (κ1) is 81.7. The second-order valence-electron chi connectivity index (χ2n) is 18.0. The molecule has 0 aliphatic carbocycles. The van der Waals surface area contributed by atoms with Gasteiger partial charge in [0.15, 0.2) is 0 Å². The monoisotopic (exact) mass is 1390 g/mol. The van der Waals surface area contributed by atoms with Crippen LogP contribution in [0.15, 0.2) is 107 Å². The van der Waals surface area contributed by atoms with E-state index in [2.05, 4.69) is 79.3 Å². The van der Waals surface area contributed by atoms with Crippen molar-refractivity contribution in [3.8, 4) is 0 Å². The molecule has 4 aromatic carbocycles. The van der Waals surface area contributed by atoms with Gasteiger partial charge in [-0.15, -0.1) is 13.0 Å². The third-order valence-electron chi connectivity index (χ3n) is 9.55. The first-order valence-corrected chi connectivity index (χ1v) is 33.6. The molecule has 6 rings (SSSR count). The summed E-state index contributed by atoms with van der Waals surface area (Å²) in [4.78, 5) is 30.0. The summed E-state index contributed by atoms with van der Waals surface area (Å²) >= 11 is 2.62. The highest BCUT2D eigenvalue weighted by Crippen LogP contribution is 2.30. The Hall–Kier alpha value is -6.30. The number of aliphatic hydroxyl groups is 4. The molecule has 90 heavy (non-hydrogen) atoms. The van der Waals surface area contributed by atoms with Gasteiger partial charge in [0.05, 0.1) is 49.0 Å². The number of benzene rings is 4. The van der Waals surface area contributed by atoms with Crippen molar-refractivity contribution < 1.29 is 103 Å². The molecule has 4 atom stereocenters. The van der Waals surface area contributed by atoms with E-state index in [1.165, 1.54) is 18.2 Å². The van der Waals surface area contributed by atoms with Gasteiger partial charge in [-0.25, -0.2) is 15.8 Å². The summed E-state index contributed by atoms with van der Waals surface area (Å²) in [5.41, 5.74) is 3.52. The highest BCUT2D eigenvalue weighted by Gasteiger charge is 2.21. The number of para-hydroxylation sites is 2. The number of aromatic nitrogens is 6. The number of nitrogens with zero attached hydrogens (tertiary/aromatic N) is 8. The fourth-order valence-corrected chi connectivity index (χ4v) is 7.99. The van der Waals surface area contributed by atoms with Gasteiger partial charge in [0.1, 0.15) is 4.90 Å². The predicted octanol–water partition coefficient (Wildman–Crippen LogP) is 6.68.